The van der Waals surface area contributed by atoms with Crippen LogP contribution in [0.15, 0.2) is 30.3 Å². The Morgan fingerprint density at radius 3 is 2.32 bits per heavy atom. The number of benzene rings is 2. The molecule has 0 aromatic heterocycles. The zero-order chi connectivity index (χ0) is 32.8. The number of ether oxygens (including phenoxy) is 2. The molecule has 1 aliphatic heterocycles. The number of nitrogens with one attached hydrogen (secondary N) is 2. The lowest BCUT2D eigenvalue weighted by Gasteiger charge is -2.25. The highest BCUT2D eigenvalue weighted by Gasteiger charge is 2.34. The summed E-state index contributed by atoms with van der Waals surface area (Å²) < 4.78 is 64.7. The lowest BCUT2D eigenvalue weighted by Crippen LogP contribution is -2.50. The molecule has 2 aromatic carbocycles. The van der Waals surface area contributed by atoms with E-state index in [1.165, 1.54) is 0 Å². The van der Waals surface area contributed by atoms with Crippen molar-refractivity contribution in [1.82, 2.24) is 10.2 Å². The molecule has 0 radical (unpaired) electrons. The third kappa shape index (κ3) is 8.52. The van der Waals surface area contributed by atoms with Crippen LogP contribution in [0.1, 0.15) is 32.8 Å². The van der Waals surface area contributed by atoms with Crippen molar-refractivity contribution < 1.29 is 56.1 Å². The van der Waals surface area contributed by atoms with E-state index in [9.17, 15) is 46.6 Å². The summed E-state index contributed by atoms with van der Waals surface area (Å²) >= 11 is 0. The van der Waals surface area contributed by atoms with Gasteiger partial charge in [0.25, 0.3) is 0 Å². The van der Waals surface area contributed by atoms with Gasteiger partial charge in [0, 0.05) is 24.8 Å². The van der Waals surface area contributed by atoms with Crippen LogP contribution in [-0.4, -0.2) is 78.4 Å². The summed E-state index contributed by atoms with van der Waals surface area (Å²) in [5, 5.41) is 14.0. The van der Waals surface area contributed by atoms with Gasteiger partial charge in [-0.05, 0) is 17.0 Å². The smallest absolute Gasteiger partial charge is 0.313 e. The number of para-hydroxylation sites is 1. The molecule has 1 heterocycles. The molecule has 3 amide bonds. The minimum Gasteiger partial charge on any atom is -0.481 e. The Bertz CT molecular complexity index is 1420. The molecule has 1 aliphatic rings. The third-order valence-electron chi connectivity index (χ3n) is 6.62. The zero-order valence-electron chi connectivity index (χ0n) is 24.0. The Balaban J connectivity index is 1.69. The Kier molecular flexibility index (Phi) is 11.0. The molecule has 0 unspecified atom stereocenters. The molecule has 3 N–H and O–H groups in total. The number of carboxylic acid groups (broad SMARTS) is 1. The average molecular weight is 626 g/mol. The second kappa shape index (κ2) is 14.3. The van der Waals surface area contributed by atoms with Gasteiger partial charge in [-0.2, -0.15) is 8.78 Å². The number of hydrogen-bond donors (Lipinski definition) is 3. The molecule has 0 spiro atoms. The lowest BCUT2D eigenvalue weighted by molar-refractivity contribution is -0.144. The lowest BCUT2D eigenvalue weighted by atomic mass is 9.86. The summed E-state index contributed by atoms with van der Waals surface area (Å²) in [6, 6.07) is 5.07. The van der Waals surface area contributed by atoms with E-state index in [4.69, 9.17) is 4.74 Å². The average Bonchev–Trinajstić information content (AvgIpc) is 3.21. The van der Waals surface area contributed by atoms with E-state index < -0.39 is 83.5 Å². The van der Waals surface area contributed by atoms with Gasteiger partial charge in [0.15, 0.2) is 23.2 Å². The first-order valence-corrected chi connectivity index (χ1v) is 13.4. The molecule has 0 bridgehead atoms. The fraction of sp³-hybridized carbons (Fsp3) is 0.414. The van der Waals surface area contributed by atoms with E-state index in [2.05, 4.69) is 15.4 Å². The fourth-order valence-electron chi connectivity index (χ4n) is 4.35. The summed E-state index contributed by atoms with van der Waals surface area (Å²) in [6.45, 7) is 3.87. The molecule has 15 heteroatoms. The quantitative estimate of drug-likeness (QED) is 0.219. The van der Waals surface area contributed by atoms with Gasteiger partial charge in [-0.25, -0.2) is 8.78 Å². The molecule has 238 valence electrons. The van der Waals surface area contributed by atoms with Crippen molar-refractivity contribution in [2.24, 2.45) is 5.92 Å². The van der Waals surface area contributed by atoms with Gasteiger partial charge in [0.05, 0.1) is 25.6 Å². The molecule has 11 nitrogen and oxygen atoms in total. The number of anilines is 1. The molecular weight excluding hydrogens is 594 g/mol. The minimum atomic E-state index is -1.91. The highest BCUT2D eigenvalue weighted by Crippen LogP contribution is 2.29. The summed E-state index contributed by atoms with van der Waals surface area (Å²) in [4.78, 5) is 64.1. The Morgan fingerprint density at radius 1 is 1.07 bits per heavy atom. The monoisotopic (exact) mass is 625 g/mol. The molecule has 2 aromatic rings. The number of ketones is 1. The van der Waals surface area contributed by atoms with E-state index in [0.717, 1.165) is 10.5 Å². The first-order valence-electron chi connectivity index (χ1n) is 13.4. The molecule has 0 aliphatic carbocycles. The van der Waals surface area contributed by atoms with E-state index in [1.54, 1.807) is 18.2 Å². The van der Waals surface area contributed by atoms with Gasteiger partial charge >= 0.3 is 17.8 Å². The number of amides is 3. The largest absolute Gasteiger partial charge is 0.481 e. The van der Waals surface area contributed by atoms with Crippen molar-refractivity contribution >= 4 is 35.2 Å². The molecule has 0 saturated carbocycles. The number of carboxylic acids is 1. The molecular formula is C29H31F4N3O8. The maximum Gasteiger partial charge on any atom is 0.313 e. The first-order chi connectivity index (χ1) is 20.6. The second-order valence-corrected chi connectivity index (χ2v) is 11.0. The van der Waals surface area contributed by atoms with Crippen molar-refractivity contribution in [2.45, 2.75) is 38.6 Å². The molecule has 2 atom stereocenters. The summed E-state index contributed by atoms with van der Waals surface area (Å²) in [7, 11) is 0. The predicted octanol–water partition coefficient (Wildman–Crippen LogP) is 2.56. The van der Waals surface area contributed by atoms with Crippen molar-refractivity contribution in [1.29, 1.82) is 0 Å². The highest BCUT2D eigenvalue weighted by atomic mass is 19.2. The summed E-state index contributed by atoms with van der Waals surface area (Å²) in [5.41, 5.74) is 0.859. The number of aliphatic carboxylic acids is 1. The van der Waals surface area contributed by atoms with E-state index >= 15 is 0 Å². The topological polar surface area (TPSA) is 151 Å². The van der Waals surface area contributed by atoms with Crippen molar-refractivity contribution in [2.75, 3.05) is 38.2 Å². The van der Waals surface area contributed by atoms with Gasteiger partial charge in [0.2, 0.25) is 17.5 Å². The highest BCUT2D eigenvalue weighted by molar-refractivity contribution is 6.39. The SMILES string of the molecule is CC(C)(C)c1ccccc1NC(=O)C(=O)N1CCOC[C@H](C(=O)N[C@@H](CC(=O)O)C(=O)COc2c(F)c(F)cc(F)c2F)C1. The van der Waals surface area contributed by atoms with Crippen molar-refractivity contribution in [3.63, 3.8) is 0 Å². The number of nitrogens with zero attached hydrogens (tertiary/aromatic N) is 1. The number of Topliss-reactive ketones (excluding diaryl/α,β-unsaturated/α-hetero) is 1. The van der Waals surface area contributed by atoms with Gasteiger partial charge in [-0.1, -0.05) is 39.0 Å². The summed E-state index contributed by atoms with van der Waals surface area (Å²) in [5.74, 6) is -15.7. The number of hydrogen-bond acceptors (Lipinski definition) is 7. The summed E-state index contributed by atoms with van der Waals surface area (Å²) in [6.07, 6.45) is -0.984. The number of carbonyl (C=O) groups excluding carboxylic acids is 4. The van der Waals surface area contributed by atoms with Crippen LogP contribution in [-0.2, 0) is 34.1 Å². The molecule has 1 fully saturated rings. The van der Waals surface area contributed by atoms with Gasteiger partial charge < -0.3 is 30.1 Å². The molecule has 3 rings (SSSR count). The maximum atomic E-state index is 13.9. The minimum absolute atomic E-state index is 0.0337. The van der Waals surface area contributed by atoms with Gasteiger partial charge in [0.1, 0.15) is 12.6 Å². The zero-order valence-corrected chi connectivity index (χ0v) is 24.0. The second-order valence-electron chi connectivity index (χ2n) is 11.0. The Hall–Kier alpha value is -4.53. The third-order valence-corrected chi connectivity index (χ3v) is 6.62. The van der Waals surface area contributed by atoms with E-state index in [1.807, 2.05) is 26.8 Å². The van der Waals surface area contributed by atoms with Crippen LogP contribution in [0, 0.1) is 29.2 Å². The van der Waals surface area contributed by atoms with Crippen LogP contribution < -0.4 is 15.4 Å². The predicted molar refractivity (Wildman–Crippen MR) is 146 cm³/mol. The van der Waals surface area contributed by atoms with Crippen molar-refractivity contribution in [3.8, 4) is 5.75 Å². The first kappa shape index (κ1) is 34.0. The van der Waals surface area contributed by atoms with Crippen LogP contribution in [0.25, 0.3) is 0 Å². The molecule has 44 heavy (non-hydrogen) atoms. The van der Waals surface area contributed by atoms with Crippen LogP contribution in [0.2, 0.25) is 0 Å². The van der Waals surface area contributed by atoms with Gasteiger partial charge in [-0.3, -0.25) is 24.0 Å². The van der Waals surface area contributed by atoms with Crippen molar-refractivity contribution in [3.05, 3.63) is 59.2 Å². The number of halogens is 4. The van der Waals surface area contributed by atoms with Gasteiger partial charge in [-0.15, -0.1) is 0 Å². The number of carbonyl (C=O) groups is 5. The van der Waals surface area contributed by atoms with E-state index in [0.29, 0.717) is 5.69 Å². The number of rotatable bonds is 9. The van der Waals surface area contributed by atoms with Crippen LogP contribution in [0.4, 0.5) is 23.2 Å². The maximum absolute atomic E-state index is 13.9. The molecule has 1 saturated heterocycles. The van der Waals surface area contributed by atoms with E-state index in [-0.39, 0.29) is 37.8 Å². The van der Waals surface area contributed by atoms with Crippen LogP contribution >= 0.6 is 0 Å². The normalized spacial score (nSPS) is 16.0. The Labute approximate surface area is 249 Å². The standard InChI is InChI=1S/C29H31F4N3O8/c1-29(2,3)16-6-4-5-7-19(16)34-27(41)28(42)36-8-9-43-13-15(12-36)26(40)35-20(11-22(38)39)21(37)14-44-25-23(32)17(30)10-18(31)24(25)33/h4-7,10,15,20H,8-9,11-14H2,1-3H3,(H,34,41)(H,35,40)(H,38,39)/t15-,20+/m1/s1. The van der Waals surface area contributed by atoms with Crippen LogP contribution in [0.3, 0.4) is 0 Å². The fourth-order valence-corrected chi connectivity index (χ4v) is 4.35. The Morgan fingerprint density at radius 2 is 1.70 bits per heavy atom. The van der Waals surface area contributed by atoms with Crippen LogP contribution in [0.5, 0.6) is 5.75 Å².